The van der Waals surface area contributed by atoms with Crippen molar-refractivity contribution in [3.8, 4) is 17.0 Å². The summed E-state index contributed by atoms with van der Waals surface area (Å²) in [6.07, 6.45) is 1.62. The summed E-state index contributed by atoms with van der Waals surface area (Å²) < 4.78 is 24.1. The van der Waals surface area contributed by atoms with E-state index in [0.717, 1.165) is 64.9 Å². The van der Waals surface area contributed by atoms with Crippen LogP contribution in [0.15, 0.2) is 54.9 Å². The van der Waals surface area contributed by atoms with E-state index in [1.54, 1.807) is 13.4 Å². The zero-order chi connectivity index (χ0) is 20.5. The number of anilines is 2. The average Bonchev–Trinajstić information content (AvgIpc) is 3.24. The number of methoxy groups -OCH3 is 1. The largest absolute Gasteiger partial charge is 0.497 e. The van der Waals surface area contributed by atoms with Crippen LogP contribution in [-0.4, -0.2) is 47.6 Å². The average molecular weight is 422 g/mol. The number of piperazine rings is 1. The molecular formula is C22H20FN5OS. The molecule has 6 nitrogen and oxygen atoms in total. The molecule has 2 aromatic carbocycles. The third kappa shape index (κ3) is 3.43. The number of fused-ring (bicyclic) bond motifs is 1. The lowest BCUT2D eigenvalue weighted by Crippen LogP contribution is -2.46. The Morgan fingerprint density at radius 3 is 2.30 bits per heavy atom. The first kappa shape index (κ1) is 18.7. The van der Waals surface area contributed by atoms with Crippen LogP contribution in [0.3, 0.4) is 0 Å². The molecule has 0 amide bonds. The van der Waals surface area contributed by atoms with Crippen molar-refractivity contribution in [1.29, 1.82) is 0 Å². The summed E-state index contributed by atoms with van der Waals surface area (Å²) in [6.45, 7) is 3.36. The zero-order valence-electron chi connectivity index (χ0n) is 16.5. The van der Waals surface area contributed by atoms with Gasteiger partial charge in [-0.1, -0.05) is 0 Å². The van der Waals surface area contributed by atoms with E-state index >= 15 is 0 Å². The van der Waals surface area contributed by atoms with Gasteiger partial charge in [0.25, 0.3) is 0 Å². The monoisotopic (exact) mass is 421 g/mol. The van der Waals surface area contributed by atoms with E-state index in [9.17, 15) is 4.39 Å². The number of aromatic nitrogens is 3. The predicted molar refractivity (Wildman–Crippen MR) is 118 cm³/mol. The van der Waals surface area contributed by atoms with E-state index in [0.29, 0.717) is 0 Å². The Kier molecular flexibility index (Phi) is 4.92. The fourth-order valence-electron chi connectivity index (χ4n) is 3.74. The number of hydrogen-bond donors (Lipinski definition) is 0. The van der Waals surface area contributed by atoms with Crippen LogP contribution in [0.25, 0.3) is 21.5 Å². The predicted octanol–water partition coefficient (Wildman–Crippen LogP) is 4.23. The lowest BCUT2D eigenvalue weighted by Gasteiger charge is -2.36. The second kappa shape index (κ2) is 7.87. The van der Waals surface area contributed by atoms with Crippen LogP contribution in [0.5, 0.6) is 5.75 Å². The van der Waals surface area contributed by atoms with Crippen LogP contribution >= 0.6 is 11.5 Å². The number of hydrogen-bond acceptors (Lipinski definition) is 7. The van der Waals surface area contributed by atoms with Gasteiger partial charge in [0.2, 0.25) is 0 Å². The molecule has 0 saturated carbocycles. The maximum atomic E-state index is 13.2. The van der Waals surface area contributed by atoms with Crippen LogP contribution in [0.1, 0.15) is 0 Å². The van der Waals surface area contributed by atoms with E-state index in [4.69, 9.17) is 4.74 Å². The first-order valence-electron chi connectivity index (χ1n) is 9.73. The zero-order valence-corrected chi connectivity index (χ0v) is 17.3. The summed E-state index contributed by atoms with van der Waals surface area (Å²) in [4.78, 5) is 13.6. The molecule has 3 heterocycles. The van der Waals surface area contributed by atoms with Gasteiger partial charge in [-0.3, -0.25) is 0 Å². The number of halogens is 1. The highest BCUT2D eigenvalue weighted by atomic mass is 32.1. The molecule has 0 unspecified atom stereocenters. The summed E-state index contributed by atoms with van der Waals surface area (Å²) in [5, 5.41) is 0. The molecular weight excluding hydrogens is 401 g/mol. The number of nitrogens with zero attached hydrogens (tertiary/aromatic N) is 5. The van der Waals surface area contributed by atoms with Crippen molar-refractivity contribution in [2.75, 3.05) is 43.1 Å². The van der Waals surface area contributed by atoms with E-state index in [-0.39, 0.29) is 5.82 Å². The molecule has 4 aromatic rings. The molecule has 0 bridgehead atoms. The quantitative estimate of drug-likeness (QED) is 0.492. The lowest BCUT2D eigenvalue weighted by atomic mass is 10.1. The normalized spacial score (nSPS) is 14.3. The highest BCUT2D eigenvalue weighted by Gasteiger charge is 2.22. The molecule has 5 rings (SSSR count). The molecule has 2 aromatic heterocycles. The van der Waals surface area contributed by atoms with Crippen molar-refractivity contribution >= 4 is 33.3 Å². The molecule has 152 valence electrons. The van der Waals surface area contributed by atoms with E-state index in [1.807, 2.05) is 36.4 Å². The minimum absolute atomic E-state index is 0.210. The first-order chi connectivity index (χ1) is 14.7. The smallest absolute Gasteiger partial charge is 0.151 e. The van der Waals surface area contributed by atoms with Crippen LogP contribution in [0.2, 0.25) is 0 Å². The Bertz CT molecular complexity index is 1150. The van der Waals surface area contributed by atoms with Gasteiger partial charge in [-0.05, 0) is 60.1 Å². The first-order valence-corrected chi connectivity index (χ1v) is 10.5. The van der Waals surface area contributed by atoms with Gasteiger partial charge in [-0.15, -0.1) is 0 Å². The molecule has 1 aliphatic rings. The molecule has 1 saturated heterocycles. The van der Waals surface area contributed by atoms with Gasteiger partial charge in [0.15, 0.2) is 5.82 Å². The van der Waals surface area contributed by atoms with Crippen LogP contribution in [0, 0.1) is 5.82 Å². The topological polar surface area (TPSA) is 54.4 Å². The Hall–Kier alpha value is -3.26. The Morgan fingerprint density at radius 1 is 0.900 bits per heavy atom. The van der Waals surface area contributed by atoms with Gasteiger partial charge in [0.1, 0.15) is 33.8 Å². The molecule has 0 N–H and O–H groups in total. The number of benzene rings is 2. The third-order valence-corrected chi connectivity index (χ3v) is 6.20. The molecule has 30 heavy (non-hydrogen) atoms. The molecule has 0 spiro atoms. The maximum absolute atomic E-state index is 13.2. The lowest BCUT2D eigenvalue weighted by molar-refractivity contribution is 0.415. The second-order valence-electron chi connectivity index (χ2n) is 7.09. The van der Waals surface area contributed by atoms with Crippen molar-refractivity contribution in [2.24, 2.45) is 0 Å². The van der Waals surface area contributed by atoms with Crippen LogP contribution in [-0.2, 0) is 0 Å². The van der Waals surface area contributed by atoms with Crippen molar-refractivity contribution < 1.29 is 9.13 Å². The van der Waals surface area contributed by atoms with Gasteiger partial charge < -0.3 is 14.5 Å². The van der Waals surface area contributed by atoms with Gasteiger partial charge >= 0.3 is 0 Å². The fraction of sp³-hybridized carbons (Fsp3) is 0.227. The Labute approximate surface area is 177 Å². The van der Waals surface area contributed by atoms with Crippen molar-refractivity contribution in [2.45, 2.75) is 0 Å². The molecule has 8 heteroatoms. The molecule has 1 fully saturated rings. The number of ether oxygens (including phenoxy) is 1. The van der Waals surface area contributed by atoms with Gasteiger partial charge in [-0.25, -0.2) is 14.4 Å². The SMILES string of the molecule is COc1ccc(-c2nsc3c(N4CCN(c5ccc(F)cc5)CC4)ncnc23)cc1. The van der Waals surface area contributed by atoms with E-state index in [1.165, 1.54) is 23.7 Å². The van der Waals surface area contributed by atoms with E-state index < -0.39 is 0 Å². The second-order valence-corrected chi connectivity index (χ2v) is 7.86. The summed E-state index contributed by atoms with van der Waals surface area (Å²) in [7, 11) is 1.66. The summed E-state index contributed by atoms with van der Waals surface area (Å²) in [5.74, 6) is 1.53. The fourth-order valence-corrected chi connectivity index (χ4v) is 4.62. The minimum Gasteiger partial charge on any atom is -0.497 e. The van der Waals surface area contributed by atoms with Crippen LogP contribution in [0.4, 0.5) is 15.9 Å². The highest BCUT2D eigenvalue weighted by molar-refractivity contribution is 7.14. The summed E-state index contributed by atoms with van der Waals surface area (Å²) in [5.41, 5.74) is 3.79. The van der Waals surface area contributed by atoms with Gasteiger partial charge in [0, 0.05) is 37.4 Å². The van der Waals surface area contributed by atoms with Crippen molar-refractivity contribution in [3.63, 3.8) is 0 Å². The minimum atomic E-state index is -0.210. The third-order valence-electron chi connectivity index (χ3n) is 5.37. The summed E-state index contributed by atoms with van der Waals surface area (Å²) >= 11 is 1.43. The van der Waals surface area contributed by atoms with Crippen LogP contribution < -0.4 is 14.5 Å². The molecule has 0 atom stereocenters. The maximum Gasteiger partial charge on any atom is 0.151 e. The van der Waals surface area contributed by atoms with Crippen molar-refractivity contribution in [1.82, 2.24) is 14.3 Å². The highest BCUT2D eigenvalue weighted by Crippen LogP contribution is 2.35. The molecule has 0 aliphatic carbocycles. The Morgan fingerprint density at radius 2 is 1.60 bits per heavy atom. The summed E-state index contributed by atoms with van der Waals surface area (Å²) in [6, 6.07) is 14.5. The van der Waals surface area contributed by atoms with E-state index in [2.05, 4.69) is 24.1 Å². The van der Waals surface area contributed by atoms with Crippen molar-refractivity contribution in [3.05, 3.63) is 60.7 Å². The standard InChI is InChI=1S/C22H20FN5OS/c1-29-18-8-2-15(3-9-18)19-20-21(30-26-19)22(25-14-24-20)28-12-10-27(11-13-28)17-6-4-16(23)5-7-17/h2-9,14H,10-13H2,1H3. The number of rotatable bonds is 4. The molecule has 1 aliphatic heterocycles. The Balaban J connectivity index is 1.39. The molecule has 0 radical (unpaired) electrons. The van der Waals surface area contributed by atoms with Gasteiger partial charge in [-0.2, -0.15) is 4.37 Å². The van der Waals surface area contributed by atoms with Gasteiger partial charge in [0.05, 0.1) is 7.11 Å².